The topological polar surface area (TPSA) is 64.8 Å². The first kappa shape index (κ1) is 20.4. The van der Waals surface area contributed by atoms with E-state index in [4.69, 9.17) is 10.5 Å². The molecule has 1 amide bonds. The van der Waals surface area contributed by atoms with Gasteiger partial charge in [0.25, 0.3) is 5.91 Å². The van der Waals surface area contributed by atoms with Crippen LogP contribution in [0.2, 0.25) is 0 Å². The molecule has 0 radical (unpaired) electrons. The van der Waals surface area contributed by atoms with Crippen LogP contribution in [-0.4, -0.2) is 43.7 Å². The fourth-order valence-corrected chi connectivity index (χ4v) is 2.85. The third-order valence-electron chi connectivity index (χ3n) is 4.12. The second kappa shape index (κ2) is 9.03. The Balaban J connectivity index is 0.00000288. The highest BCUT2D eigenvalue weighted by Crippen LogP contribution is 2.34. The molecule has 136 valence electrons. The molecule has 0 spiro atoms. The summed E-state index contributed by atoms with van der Waals surface area (Å²) in [6, 6.07) is 4.51. The van der Waals surface area contributed by atoms with Crippen molar-refractivity contribution in [3.05, 3.63) is 23.8 Å². The zero-order valence-corrected chi connectivity index (χ0v) is 14.5. The molecule has 1 fully saturated rings. The van der Waals surface area contributed by atoms with Crippen LogP contribution in [0.25, 0.3) is 0 Å². The second-order valence-corrected chi connectivity index (χ2v) is 5.73. The molecule has 1 saturated heterocycles. The lowest BCUT2D eigenvalue weighted by Crippen LogP contribution is -2.45. The Bertz CT molecular complexity index is 558. The van der Waals surface area contributed by atoms with E-state index in [0.29, 0.717) is 13.1 Å². The van der Waals surface area contributed by atoms with Gasteiger partial charge in [-0.1, -0.05) is 6.07 Å². The van der Waals surface area contributed by atoms with Gasteiger partial charge in [0.15, 0.2) is 11.5 Å². The molecule has 0 aliphatic carbocycles. The van der Waals surface area contributed by atoms with E-state index in [9.17, 15) is 13.6 Å². The number of hydrogen-bond donors (Lipinski definition) is 1. The van der Waals surface area contributed by atoms with E-state index < -0.39 is 6.61 Å². The normalized spacial score (nSPS) is 18.8. The van der Waals surface area contributed by atoms with Crippen LogP contribution in [-0.2, 0) is 0 Å². The van der Waals surface area contributed by atoms with Gasteiger partial charge in [-0.15, -0.1) is 12.4 Å². The summed E-state index contributed by atoms with van der Waals surface area (Å²) in [5.74, 6) is -0.252. The number of carbonyl (C=O) groups is 1. The van der Waals surface area contributed by atoms with Crippen LogP contribution in [0.4, 0.5) is 8.78 Å². The average molecular weight is 365 g/mol. The zero-order chi connectivity index (χ0) is 17.0. The summed E-state index contributed by atoms with van der Waals surface area (Å²) in [4.78, 5) is 14.4. The molecule has 1 aliphatic heterocycles. The molecule has 0 bridgehead atoms. The summed E-state index contributed by atoms with van der Waals surface area (Å²) < 4.78 is 34.9. The Morgan fingerprint density at radius 1 is 1.42 bits per heavy atom. The van der Waals surface area contributed by atoms with E-state index in [1.165, 1.54) is 19.2 Å². The molecule has 0 aromatic heterocycles. The van der Waals surface area contributed by atoms with E-state index in [1.807, 2.05) is 6.92 Å². The van der Waals surface area contributed by atoms with Gasteiger partial charge >= 0.3 is 6.61 Å². The summed E-state index contributed by atoms with van der Waals surface area (Å²) in [5, 5.41) is 0. The lowest BCUT2D eigenvalue weighted by atomic mass is 9.92. The van der Waals surface area contributed by atoms with Gasteiger partial charge in [-0.2, -0.15) is 8.78 Å². The Morgan fingerprint density at radius 3 is 2.71 bits per heavy atom. The fraction of sp³-hybridized carbons (Fsp3) is 0.562. The molecule has 2 N–H and O–H groups in total. The summed E-state index contributed by atoms with van der Waals surface area (Å²) in [5.41, 5.74) is 6.01. The largest absolute Gasteiger partial charge is 0.493 e. The van der Waals surface area contributed by atoms with Crippen LogP contribution in [0.15, 0.2) is 18.2 Å². The minimum Gasteiger partial charge on any atom is -0.493 e. The molecular formula is C16H23ClF2N2O3. The maximum atomic E-state index is 12.7. The minimum atomic E-state index is -3.03. The SMILES string of the molecule is COc1cccc(C(=O)N2CCCC(C(C)N)C2)c1OC(F)F.Cl. The van der Waals surface area contributed by atoms with Gasteiger partial charge in [0.2, 0.25) is 0 Å². The molecule has 24 heavy (non-hydrogen) atoms. The summed E-state index contributed by atoms with van der Waals surface area (Å²) >= 11 is 0. The van der Waals surface area contributed by atoms with Crippen LogP contribution >= 0.6 is 12.4 Å². The van der Waals surface area contributed by atoms with Crippen molar-refractivity contribution >= 4 is 18.3 Å². The third kappa shape index (κ3) is 4.70. The number of piperidine rings is 1. The molecule has 2 atom stereocenters. The molecular weight excluding hydrogens is 342 g/mol. The Labute approximate surface area is 146 Å². The number of likely N-dealkylation sites (tertiary alicyclic amines) is 1. The zero-order valence-electron chi connectivity index (χ0n) is 13.7. The molecule has 0 saturated carbocycles. The number of methoxy groups -OCH3 is 1. The van der Waals surface area contributed by atoms with Gasteiger partial charge in [0.1, 0.15) is 0 Å². The monoisotopic (exact) mass is 364 g/mol. The van der Waals surface area contributed by atoms with E-state index in [0.717, 1.165) is 12.8 Å². The van der Waals surface area contributed by atoms with Gasteiger partial charge in [0.05, 0.1) is 12.7 Å². The smallest absolute Gasteiger partial charge is 0.387 e. The van der Waals surface area contributed by atoms with E-state index >= 15 is 0 Å². The number of nitrogens with two attached hydrogens (primary N) is 1. The van der Waals surface area contributed by atoms with Gasteiger partial charge in [-0.3, -0.25) is 4.79 Å². The molecule has 1 heterocycles. The second-order valence-electron chi connectivity index (χ2n) is 5.73. The molecule has 2 unspecified atom stereocenters. The number of benzene rings is 1. The van der Waals surface area contributed by atoms with Gasteiger partial charge in [-0.05, 0) is 37.8 Å². The Morgan fingerprint density at radius 2 is 2.12 bits per heavy atom. The fourth-order valence-electron chi connectivity index (χ4n) is 2.85. The standard InChI is InChI=1S/C16H22F2N2O3.ClH/c1-10(19)11-5-4-8-20(9-11)15(21)12-6-3-7-13(22-2)14(12)23-16(17)18;/h3,6-7,10-11,16H,4-5,8-9,19H2,1-2H3;1H. The summed E-state index contributed by atoms with van der Waals surface area (Å²) in [7, 11) is 1.34. The molecule has 1 aromatic carbocycles. The number of carbonyl (C=O) groups excluding carboxylic acids is 1. The van der Waals surface area contributed by atoms with Gasteiger partial charge in [-0.25, -0.2) is 0 Å². The van der Waals surface area contributed by atoms with Crippen LogP contribution < -0.4 is 15.2 Å². The van der Waals surface area contributed by atoms with Crippen molar-refractivity contribution in [2.75, 3.05) is 20.2 Å². The maximum Gasteiger partial charge on any atom is 0.387 e. The summed E-state index contributed by atoms with van der Waals surface area (Å²) in [6.07, 6.45) is 1.80. The van der Waals surface area contributed by atoms with Crippen LogP contribution in [0.5, 0.6) is 11.5 Å². The number of rotatable bonds is 5. The molecule has 8 heteroatoms. The molecule has 1 aliphatic rings. The lowest BCUT2D eigenvalue weighted by Gasteiger charge is -2.35. The average Bonchev–Trinajstić information content (AvgIpc) is 2.54. The van der Waals surface area contributed by atoms with Crippen molar-refractivity contribution in [3.8, 4) is 11.5 Å². The highest BCUT2D eigenvalue weighted by Gasteiger charge is 2.29. The number of alkyl halides is 2. The molecule has 1 aromatic rings. The lowest BCUT2D eigenvalue weighted by molar-refractivity contribution is -0.0517. The number of hydrogen-bond acceptors (Lipinski definition) is 4. The number of amides is 1. The Hall–Kier alpha value is -1.60. The van der Waals surface area contributed by atoms with Crippen LogP contribution in [0.3, 0.4) is 0 Å². The number of para-hydroxylation sites is 1. The van der Waals surface area contributed by atoms with E-state index in [-0.39, 0.29) is 47.3 Å². The van der Waals surface area contributed by atoms with Crippen molar-refractivity contribution in [1.82, 2.24) is 4.90 Å². The van der Waals surface area contributed by atoms with Gasteiger partial charge < -0.3 is 20.1 Å². The van der Waals surface area contributed by atoms with Crippen molar-refractivity contribution < 1.29 is 23.0 Å². The predicted octanol–water partition coefficient (Wildman–Crippen LogP) is 2.92. The molecule has 5 nitrogen and oxygen atoms in total. The van der Waals surface area contributed by atoms with Crippen LogP contribution in [0, 0.1) is 5.92 Å². The predicted molar refractivity (Wildman–Crippen MR) is 89.2 cm³/mol. The van der Waals surface area contributed by atoms with E-state index in [1.54, 1.807) is 11.0 Å². The van der Waals surface area contributed by atoms with Crippen molar-refractivity contribution in [2.45, 2.75) is 32.4 Å². The number of ether oxygens (including phenoxy) is 2. The molecule has 2 rings (SSSR count). The number of halogens is 3. The maximum absolute atomic E-state index is 12.7. The number of nitrogens with zero attached hydrogens (tertiary/aromatic N) is 1. The summed E-state index contributed by atoms with van der Waals surface area (Å²) in [6.45, 7) is -0.0268. The first-order valence-corrected chi connectivity index (χ1v) is 7.60. The highest BCUT2D eigenvalue weighted by atomic mass is 35.5. The van der Waals surface area contributed by atoms with Crippen molar-refractivity contribution in [1.29, 1.82) is 0 Å². The van der Waals surface area contributed by atoms with Crippen LogP contribution in [0.1, 0.15) is 30.1 Å². The highest BCUT2D eigenvalue weighted by molar-refractivity contribution is 5.98. The van der Waals surface area contributed by atoms with Crippen molar-refractivity contribution in [2.24, 2.45) is 11.7 Å². The first-order chi connectivity index (χ1) is 10.9. The Kier molecular flexibility index (Phi) is 7.69. The quantitative estimate of drug-likeness (QED) is 0.872. The van der Waals surface area contributed by atoms with Gasteiger partial charge in [0, 0.05) is 19.1 Å². The minimum absolute atomic E-state index is 0. The third-order valence-corrected chi connectivity index (χ3v) is 4.12. The van der Waals surface area contributed by atoms with Crippen molar-refractivity contribution in [3.63, 3.8) is 0 Å². The first-order valence-electron chi connectivity index (χ1n) is 7.60. The van der Waals surface area contributed by atoms with E-state index in [2.05, 4.69) is 4.74 Å².